The first-order valence-electron chi connectivity index (χ1n) is 7.98. The summed E-state index contributed by atoms with van der Waals surface area (Å²) in [7, 11) is 0. The Morgan fingerprint density at radius 1 is 1.19 bits per heavy atom. The molecule has 130 valence electrons. The quantitative estimate of drug-likeness (QED) is 0.744. The number of hydrogen-bond donors (Lipinski definition) is 2. The number of rotatable bonds is 3. The first kappa shape index (κ1) is 16.3. The number of nitrogens with one attached hydrogen (secondary N) is 2. The van der Waals surface area contributed by atoms with Crippen LogP contribution in [0.4, 0.5) is 11.9 Å². The molecule has 2 amide bonds. The summed E-state index contributed by atoms with van der Waals surface area (Å²) in [6, 6.07) is 15.9. The van der Waals surface area contributed by atoms with Crippen molar-refractivity contribution in [3.05, 3.63) is 70.7 Å². The van der Waals surface area contributed by atoms with Crippen LogP contribution in [0.25, 0.3) is 0 Å². The molecule has 2 aromatic carbocycles. The van der Waals surface area contributed by atoms with Gasteiger partial charge in [-0.1, -0.05) is 48.0 Å². The third-order valence-corrected chi connectivity index (χ3v) is 4.29. The van der Waals surface area contributed by atoms with Crippen LogP contribution in [-0.2, 0) is 4.79 Å². The summed E-state index contributed by atoms with van der Waals surface area (Å²) in [6.07, 6.45) is 0.252. The monoisotopic (exact) mass is 367 g/mol. The van der Waals surface area contributed by atoms with E-state index in [-0.39, 0.29) is 30.2 Å². The molecular weight excluding hydrogens is 354 g/mol. The summed E-state index contributed by atoms with van der Waals surface area (Å²) in [5, 5.41) is 10.1. The van der Waals surface area contributed by atoms with Crippen LogP contribution < -0.4 is 10.6 Å². The van der Waals surface area contributed by atoms with E-state index >= 15 is 0 Å². The van der Waals surface area contributed by atoms with Crippen molar-refractivity contribution in [2.24, 2.45) is 0 Å². The molecule has 1 atom stereocenters. The van der Waals surface area contributed by atoms with E-state index < -0.39 is 0 Å². The highest BCUT2D eigenvalue weighted by atomic mass is 35.5. The molecule has 8 heteroatoms. The summed E-state index contributed by atoms with van der Waals surface area (Å²) in [4.78, 5) is 28.6. The Morgan fingerprint density at radius 2 is 2.00 bits per heavy atom. The Labute approximate surface area is 154 Å². The van der Waals surface area contributed by atoms with Crippen molar-refractivity contribution in [1.29, 1.82) is 0 Å². The number of hydrogen-bond acceptors (Lipinski definition) is 4. The maximum Gasteiger partial charge on any atom is 0.258 e. The molecule has 1 aromatic heterocycles. The number of amides is 2. The van der Waals surface area contributed by atoms with Gasteiger partial charge in [-0.3, -0.25) is 20.2 Å². The van der Waals surface area contributed by atoms with Crippen molar-refractivity contribution >= 4 is 35.3 Å². The van der Waals surface area contributed by atoms with E-state index in [1.807, 2.05) is 30.3 Å². The SMILES string of the molecule is O=C1C[C@H](c2ccccc2)n2nc(NC(=O)c3cccc(Cl)c3)nc2N1. The van der Waals surface area contributed by atoms with Crippen molar-refractivity contribution in [3.63, 3.8) is 0 Å². The molecule has 3 aromatic rings. The highest BCUT2D eigenvalue weighted by molar-refractivity contribution is 6.31. The fourth-order valence-electron chi connectivity index (χ4n) is 2.85. The third kappa shape index (κ3) is 3.16. The lowest BCUT2D eigenvalue weighted by Crippen LogP contribution is -2.29. The second-order valence-corrected chi connectivity index (χ2v) is 6.28. The van der Waals surface area contributed by atoms with Gasteiger partial charge in [0, 0.05) is 10.6 Å². The zero-order valence-electron chi connectivity index (χ0n) is 13.5. The number of aromatic nitrogens is 3. The summed E-state index contributed by atoms with van der Waals surface area (Å²) in [6.45, 7) is 0. The van der Waals surface area contributed by atoms with Gasteiger partial charge in [0.15, 0.2) is 0 Å². The van der Waals surface area contributed by atoms with Crippen molar-refractivity contribution in [1.82, 2.24) is 14.8 Å². The largest absolute Gasteiger partial charge is 0.295 e. The number of anilines is 2. The zero-order valence-corrected chi connectivity index (χ0v) is 14.3. The molecule has 7 nitrogen and oxygen atoms in total. The minimum Gasteiger partial charge on any atom is -0.295 e. The van der Waals surface area contributed by atoms with Crippen LogP contribution >= 0.6 is 11.6 Å². The third-order valence-electron chi connectivity index (χ3n) is 4.05. The Balaban J connectivity index is 1.63. The number of nitrogens with zero attached hydrogens (tertiary/aromatic N) is 3. The lowest BCUT2D eigenvalue weighted by atomic mass is 10.0. The Kier molecular flexibility index (Phi) is 4.14. The van der Waals surface area contributed by atoms with Crippen LogP contribution in [-0.4, -0.2) is 26.6 Å². The Bertz CT molecular complexity index is 986. The van der Waals surface area contributed by atoms with Crippen LogP contribution in [0.3, 0.4) is 0 Å². The van der Waals surface area contributed by atoms with Crippen LogP contribution in [0, 0.1) is 0 Å². The molecule has 0 radical (unpaired) electrons. The van der Waals surface area contributed by atoms with E-state index in [4.69, 9.17) is 11.6 Å². The minimum absolute atomic E-state index is 0.119. The maximum absolute atomic E-state index is 12.3. The molecule has 0 unspecified atom stereocenters. The number of carbonyl (C=O) groups is 2. The predicted octanol–water partition coefficient (Wildman–Crippen LogP) is 3.12. The van der Waals surface area contributed by atoms with Crippen molar-refractivity contribution in [2.45, 2.75) is 12.5 Å². The van der Waals surface area contributed by atoms with Crippen LogP contribution in [0.1, 0.15) is 28.4 Å². The van der Waals surface area contributed by atoms with Gasteiger partial charge in [0.2, 0.25) is 11.9 Å². The van der Waals surface area contributed by atoms with Gasteiger partial charge >= 0.3 is 0 Å². The molecule has 26 heavy (non-hydrogen) atoms. The molecule has 0 saturated heterocycles. The first-order chi connectivity index (χ1) is 12.6. The predicted molar refractivity (Wildman–Crippen MR) is 97.3 cm³/mol. The highest BCUT2D eigenvalue weighted by Crippen LogP contribution is 2.29. The molecule has 0 spiro atoms. The van der Waals surface area contributed by atoms with E-state index in [9.17, 15) is 9.59 Å². The van der Waals surface area contributed by atoms with Gasteiger partial charge < -0.3 is 0 Å². The fourth-order valence-corrected chi connectivity index (χ4v) is 3.04. The molecule has 1 aliphatic rings. The lowest BCUT2D eigenvalue weighted by Gasteiger charge is -2.23. The highest BCUT2D eigenvalue weighted by Gasteiger charge is 2.29. The minimum atomic E-state index is -0.377. The Morgan fingerprint density at radius 3 is 2.77 bits per heavy atom. The van der Waals surface area contributed by atoms with E-state index in [1.54, 1.807) is 28.9 Å². The molecule has 0 bridgehead atoms. The zero-order chi connectivity index (χ0) is 18.1. The standard InChI is InChI=1S/C18H14ClN5O2/c19-13-8-4-7-12(9-13)16(26)21-17-22-18-20-15(25)10-14(24(18)23-17)11-5-2-1-3-6-11/h1-9,14H,10H2,(H2,20,21,22,23,25,26)/t14-/m1/s1. The molecular formula is C18H14ClN5O2. The van der Waals surface area contributed by atoms with Crippen LogP contribution in [0.2, 0.25) is 5.02 Å². The summed E-state index contributed by atoms with van der Waals surface area (Å²) >= 11 is 5.91. The summed E-state index contributed by atoms with van der Waals surface area (Å²) in [5.41, 5.74) is 1.34. The van der Waals surface area contributed by atoms with E-state index in [2.05, 4.69) is 20.7 Å². The van der Waals surface area contributed by atoms with Crippen molar-refractivity contribution < 1.29 is 9.59 Å². The molecule has 0 aliphatic carbocycles. The summed E-state index contributed by atoms with van der Waals surface area (Å²) in [5.74, 6) is -0.103. The van der Waals surface area contributed by atoms with Gasteiger partial charge in [-0.05, 0) is 23.8 Å². The van der Waals surface area contributed by atoms with Gasteiger partial charge in [-0.15, -0.1) is 5.10 Å². The average Bonchev–Trinajstić information content (AvgIpc) is 3.03. The number of fused-ring (bicyclic) bond motifs is 1. The topological polar surface area (TPSA) is 88.9 Å². The lowest BCUT2D eigenvalue weighted by molar-refractivity contribution is -0.117. The van der Waals surface area contributed by atoms with Crippen LogP contribution in [0.5, 0.6) is 0 Å². The van der Waals surface area contributed by atoms with E-state index in [0.29, 0.717) is 16.5 Å². The summed E-state index contributed by atoms with van der Waals surface area (Å²) < 4.78 is 1.62. The number of halogens is 1. The fraction of sp³-hybridized carbons (Fsp3) is 0.111. The van der Waals surface area contributed by atoms with Gasteiger partial charge in [0.1, 0.15) is 0 Å². The molecule has 0 saturated carbocycles. The number of carbonyl (C=O) groups excluding carboxylic acids is 2. The average molecular weight is 368 g/mol. The maximum atomic E-state index is 12.3. The molecule has 0 fully saturated rings. The van der Waals surface area contributed by atoms with E-state index in [1.165, 1.54) is 0 Å². The first-order valence-corrected chi connectivity index (χ1v) is 8.36. The molecule has 2 N–H and O–H groups in total. The van der Waals surface area contributed by atoms with Gasteiger partial charge in [-0.2, -0.15) is 4.98 Å². The van der Waals surface area contributed by atoms with Crippen LogP contribution in [0.15, 0.2) is 54.6 Å². The van der Waals surface area contributed by atoms with Gasteiger partial charge in [0.25, 0.3) is 11.9 Å². The van der Waals surface area contributed by atoms with Gasteiger partial charge in [-0.25, -0.2) is 4.68 Å². The van der Waals surface area contributed by atoms with Crippen molar-refractivity contribution in [2.75, 3.05) is 10.6 Å². The molecule has 2 heterocycles. The second-order valence-electron chi connectivity index (χ2n) is 5.85. The van der Waals surface area contributed by atoms with Crippen molar-refractivity contribution in [3.8, 4) is 0 Å². The second kappa shape index (κ2) is 6.61. The van der Waals surface area contributed by atoms with Gasteiger partial charge in [0.05, 0.1) is 12.5 Å². The smallest absolute Gasteiger partial charge is 0.258 e. The molecule has 4 rings (SSSR count). The molecule has 1 aliphatic heterocycles. The Hall–Kier alpha value is -3.19. The number of benzene rings is 2. The van der Waals surface area contributed by atoms with E-state index in [0.717, 1.165) is 5.56 Å². The normalized spacial score (nSPS) is 15.9.